The average molecular weight is 380 g/mol. The Bertz CT molecular complexity index is 988. The van der Waals surface area contributed by atoms with Crippen LogP contribution in [0.1, 0.15) is 26.3 Å². The average Bonchev–Trinajstić information content (AvgIpc) is 2.69. The van der Waals surface area contributed by atoms with E-state index in [1.165, 1.54) is 36.4 Å². The van der Waals surface area contributed by atoms with E-state index in [4.69, 9.17) is 0 Å². The van der Waals surface area contributed by atoms with Crippen LogP contribution >= 0.6 is 0 Å². The highest BCUT2D eigenvalue weighted by Gasteiger charge is 2.11. The summed E-state index contributed by atoms with van der Waals surface area (Å²) < 4.78 is 26.1. The van der Waals surface area contributed by atoms with Crippen molar-refractivity contribution in [3.05, 3.63) is 101 Å². The molecule has 28 heavy (non-hydrogen) atoms. The summed E-state index contributed by atoms with van der Waals surface area (Å²) in [5.41, 5.74) is 1.87. The molecule has 0 saturated carbocycles. The van der Waals surface area contributed by atoms with Crippen molar-refractivity contribution in [2.75, 3.05) is 11.9 Å². The highest BCUT2D eigenvalue weighted by atomic mass is 19.1. The van der Waals surface area contributed by atoms with Crippen LogP contribution < -0.4 is 10.6 Å². The van der Waals surface area contributed by atoms with Gasteiger partial charge in [0.25, 0.3) is 11.8 Å². The third-order valence-electron chi connectivity index (χ3n) is 4.08. The normalized spacial score (nSPS) is 10.4. The van der Waals surface area contributed by atoms with Crippen LogP contribution in [-0.4, -0.2) is 18.4 Å². The maximum absolute atomic E-state index is 13.2. The molecule has 6 heteroatoms. The first-order chi connectivity index (χ1) is 13.5. The lowest BCUT2D eigenvalue weighted by molar-refractivity contribution is 0.0954. The van der Waals surface area contributed by atoms with Gasteiger partial charge in [0.2, 0.25) is 0 Å². The van der Waals surface area contributed by atoms with Crippen LogP contribution in [0, 0.1) is 11.6 Å². The predicted molar refractivity (Wildman–Crippen MR) is 103 cm³/mol. The van der Waals surface area contributed by atoms with Gasteiger partial charge in [0.05, 0.1) is 0 Å². The monoisotopic (exact) mass is 380 g/mol. The first-order valence-electron chi connectivity index (χ1n) is 8.71. The van der Waals surface area contributed by atoms with E-state index in [1.54, 1.807) is 36.4 Å². The molecule has 0 aromatic heterocycles. The first-order valence-corrected chi connectivity index (χ1v) is 8.71. The summed E-state index contributed by atoms with van der Waals surface area (Å²) in [6, 6.07) is 17.9. The van der Waals surface area contributed by atoms with Gasteiger partial charge in [0.15, 0.2) is 0 Å². The molecule has 0 fully saturated rings. The molecular formula is C22H18F2N2O2. The van der Waals surface area contributed by atoms with Crippen LogP contribution in [0.25, 0.3) is 0 Å². The Morgan fingerprint density at radius 2 is 1.43 bits per heavy atom. The number of anilines is 1. The van der Waals surface area contributed by atoms with E-state index in [9.17, 15) is 18.4 Å². The maximum Gasteiger partial charge on any atom is 0.255 e. The lowest BCUT2D eigenvalue weighted by Gasteiger charge is -2.08. The highest BCUT2D eigenvalue weighted by Crippen LogP contribution is 2.12. The van der Waals surface area contributed by atoms with E-state index < -0.39 is 11.7 Å². The fourth-order valence-electron chi connectivity index (χ4n) is 2.64. The summed E-state index contributed by atoms with van der Waals surface area (Å²) in [5, 5.41) is 5.36. The Morgan fingerprint density at radius 1 is 0.750 bits per heavy atom. The van der Waals surface area contributed by atoms with Crippen molar-refractivity contribution in [1.82, 2.24) is 5.32 Å². The third-order valence-corrected chi connectivity index (χ3v) is 4.08. The smallest absolute Gasteiger partial charge is 0.255 e. The molecule has 2 N–H and O–H groups in total. The van der Waals surface area contributed by atoms with Crippen LogP contribution in [0.15, 0.2) is 72.8 Å². The molecule has 3 aromatic carbocycles. The van der Waals surface area contributed by atoms with Gasteiger partial charge in [-0.15, -0.1) is 0 Å². The van der Waals surface area contributed by atoms with Crippen molar-refractivity contribution in [2.24, 2.45) is 0 Å². The molecule has 0 aliphatic rings. The van der Waals surface area contributed by atoms with Crippen molar-refractivity contribution in [1.29, 1.82) is 0 Å². The number of benzene rings is 3. The molecule has 142 valence electrons. The van der Waals surface area contributed by atoms with Crippen molar-refractivity contribution >= 4 is 17.5 Å². The summed E-state index contributed by atoms with van der Waals surface area (Å²) in [6.07, 6.45) is 0.561. The zero-order valence-corrected chi connectivity index (χ0v) is 14.9. The number of carbonyl (C=O) groups is 2. The Kier molecular flexibility index (Phi) is 6.11. The number of rotatable bonds is 6. The summed E-state index contributed by atoms with van der Waals surface area (Å²) in [5.74, 6) is -1.51. The fraction of sp³-hybridized carbons (Fsp3) is 0.0909. The molecule has 2 amide bonds. The predicted octanol–water partition coefficient (Wildman–Crippen LogP) is 4.19. The molecule has 3 rings (SSSR count). The van der Waals surface area contributed by atoms with Gasteiger partial charge < -0.3 is 10.6 Å². The van der Waals surface area contributed by atoms with E-state index >= 15 is 0 Å². The molecule has 4 nitrogen and oxygen atoms in total. The second kappa shape index (κ2) is 8.90. The van der Waals surface area contributed by atoms with Crippen LogP contribution in [-0.2, 0) is 6.42 Å². The summed E-state index contributed by atoms with van der Waals surface area (Å²) in [7, 11) is 0. The Balaban J connectivity index is 1.59. The molecule has 0 bridgehead atoms. The van der Waals surface area contributed by atoms with Crippen molar-refractivity contribution in [2.45, 2.75) is 6.42 Å². The van der Waals surface area contributed by atoms with Gasteiger partial charge in [0.1, 0.15) is 11.6 Å². The van der Waals surface area contributed by atoms with Crippen molar-refractivity contribution in [3.8, 4) is 0 Å². The van der Waals surface area contributed by atoms with Crippen LogP contribution in [0.4, 0.5) is 14.5 Å². The molecule has 0 saturated heterocycles. The third kappa shape index (κ3) is 5.23. The molecule has 0 heterocycles. The molecule has 0 spiro atoms. The van der Waals surface area contributed by atoms with Crippen LogP contribution in [0.2, 0.25) is 0 Å². The van der Waals surface area contributed by atoms with E-state index in [2.05, 4.69) is 10.6 Å². The maximum atomic E-state index is 13.2. The Hall–Kier alpha value is -3.54. The number of hydrogen-bond donors (Lipinski definition) is 2. The van der Waals surface area contributed by atoms with Gasteiger partial charge in [-0.2, -0.15) is 0 Å². The van der Waals surface area contributed by atoms with E-state index in [0.29, 0.717) is 24.2 Å². The number of halogens is 2. The number of nitrogens with one attached hydrogen (secondary N) is 2. The first kappa shape index (κ1) is 19.2. The summed E-state index contributed by atoms with van der Waals surface area (Å²) >= 11 is 0. The van der Waals surface area contributed by atoms with E-state index in [-0.39, 0.29) is 17.3 Å². The molecule has 0 atom stereocenters. The zero-order chi connectivity index (χ0) is 19.9. The molecule has 0 aliphatic heterocycles. The summed E-state index contributed by atoms with van der Waals surface area (Å²) in [4.78, 5) is 24.6. The van der Waals surface area contributed by atoms with Gasteiger partial charge in [-0.05, 0) is 60.5 Å². The van der Waals surface area contributed by atoms with Gasteiger partial charge in [-0.25, -0.2) is 8.78 Å². The van der Waals surface area contributed by atoms with Crippen molar-refractivity contribution in [3.63, 3.8) is 0 Å². The zero-order valence-electron chi connectivity index (χ0n) is 14.9. The second-order valence-corrected chi connectivity index (χ2v) is 6.18. The molecule has 0 radical (unpaired) electrons. The Labute approximate surface area is 161 Å². The lowest BCUT2D eigenvalue weighted by atomic mass is 10.1. The minimum absolute atomic E-state index is 0.287. The fourth-order valence-corrected chi connectivity index (χ4v) is 2.64. The molecule has 3 aromatic rings. The minimum atomic E-state index is -0.452. The van der Waals surface area contributed by atoms with Gasteiger partial charge >= 0.3 is 0 Å². The molecular weight excluding hydrogens is 362 g/mol. The lowest BCUT2D eigenvalue weighted by Crippen LogP contribution is -2.26. The summed E-state index contributed by atoms with van der Waals surface area (Å²) in [6.45, 7) is 0.379. The molecule has 0 unspecified atom stereocenters. The quantitative estimate of drug-likeness (QED) is 0.674. The van der Waals surface area contributed by atoms with E-state index in [1.807, 2.05) is 0 Å². The van der Waals surface area contributed by atoms with Crippen LogP contribution in [0.5, 0.6) is 0 Å². The number of hydrogen-bond acceptors (Lipinski definition) is 2. The SMILES string of the molecule is O=C(NCCc1ccc(F)cc1)c1cccc(C(=O)Nc2cccc(F)c2)c1. The standard InChI is InChI=1S/C22H18F2N2O2/c23-18-9-7-15(8-10-18)11-12-25-21(27)16-3-1-4-17(13-16)22(28)26-20-6-2-5-19(24)14-20/h1-10,13-14H,11-12H2,(H,25,27)(H,26,28). The van der Waals surface area contributed by atoms with Gasteiger partial charge in [-0.3, -0.25) is 9.59 Å². The number of carbonyl (C=O) groups excluding carboxylic acids is 2. The van der Waals surface area contributed by atoms with Crippen LogP contribution in [0.3, 0.4) is 0 Å². The minimum Gasteiger partial charge on any atom is -0.352 e. The van der Waals surface area contributed by atoms with Crippen molar-refractivity contribution < 1.29 is 18.4 Å². The topological polar surface area (TPSA) is 58.2 Å². The number of amides is 2. The second-order valence-electron chi connectivity index (χ2n) is 6.18. The molecule has 0 aliphatic carbocycles. The van der Waals surface area contributed by atoms with E-state index in [0.717, 1.165) is 5.56 Å². The van der Waals surface area contributed by atoms with Gasteiger partial charge in [-0.1, -0.05) is 24.3 Å². The highest BCUT2D eigenvalue weighted by molar-refractivity contribution is 6.06. The Morgan fingerprint density at radius 3 is 2.14 bits per heavy atom. The largest absolute Gasteiger partial charge is 0.352 e. The van der Waals surface area contributed by atoms with Gasteiger partial charge in [0, 0.05) is 23.4 Å².